The lowest BCUT2D eigenvalue weighted by molar-refractivity contribution is -0.169. The van der Waals surface area contributed by atoms with Gasteiger partial charge in [-0.25, -0.2) is 8.78 Å². The SMILES string of the molecule is CC(C)N1CCN([C@H]2CCCC(F)(F)[C@@H]2O)CC1C1CCCC1. The molecule has 3 fully saturated rings. The predicted octanol–water partition coefficient (Wildman–Crippen LogP) is 3.12. The zero-order valence-corrected chi connectivity index (χ0v) is 14.6. The fourth-order valence-corrected chi connectivity index (χ4v) is 5.07. The summed E-state index contributed by atoms with van der Waals surface area (Å²) in [5.41, 5.74) is 0. The highest BCUT2D eigenvalue weighted by atomic mass is 19.3. The summed E-state index contributed by atoms with van der Waals surface area (Å²) in [5.74, 6) is -2.22. The summed E-state index contributed by atoms with van der Waals surface area (Å²) < 4.78 is 27.8. The van der Waals surface area contributed by atoms with E-state index in [2.05, 4.69) is 23.6 Å². The Balaban J connectivity index is 1.72. The van der Waals surface area contributed by atoms with Gasteiger partial charge in [-0.3, -0.25) is 9.80 Å². The Morgan fingerprint density at radius 1 is 1.00 bits per heavy atom. The second-order valence-corrected chi connectivity index (χ2v) is 8.10. The van der Waals surface area contributed by atoms with Crippen LogP contribution in [0.3, 0.4) is 0 Å². The van der Waals surface area contributed by atoms with Gasteiger partial charge in [0.15, 0.2) is 0 Å². The minimum atomic E-state index is -2.92. The van der Waals surface area contributed by atoms with Gasteiger partial charge in [-0.1, -0.05) is 12.8 Å². The number of piperazine rings is 1. The Morgan fingerprint density at radius 3 is 2.35 bits per heavy atom. The third kappa shape index (κ3) is 3.57. The molecule has 3 rings (SSSR count). The molecule has 0 aromatic rings. The van der Waals surface area contributed by atoms with Gasteiger partial charge < -0.3 is 5.11 Å². The summed E-state index contributed by atoms with van der Waals surface area (Å²) in [6, 6.07) is 0.603. The summed E-state index contributed by atoms with van der Waals surface area (Å²) in [4.78, 5) is 4.75. The van der Waals surface area contributed by atoms with Crippen molar-refractivity contribution in [3.63, 3.8) is 0 Å². The normalized spacial score (nSPS) is 37.6. The first-order valence-electron chi connectivity index (χ1n) is 9.46. The highest BCUT2D eigenvalue weighted by Crippen LogP contribution is 2.38. The molecule has 2 aliphatic carbocycles. The first kappa shape index (κ1) is 17.6. The van der Waals surface area contributed by atoms with Crippen LogP contribution >= 0.6 is 0 Å². The van der Waals surface area contributed by atoms with Crippen LogP contribution in [0.15, 0.2) is 0 Å². The van der Waals surface area contributed by atoms with Gasteiger partial charge in [0.25, 0.3) is 5.92 Å². The Labute approximate surface area is 139 Å². The fourth-order valence-electron chi connectivity index (χ4n) is 5.07. The van der Waals surface area contributed by atoms with Crippen molar-refractivity contribution < 1.29 is 13.9 Å². The molecule has 3 atom stereocenters. The van der Waals surface area contributed by atoms with Crippen LogP contribution in [0.5, 0.6) is 0 Å². The molecule has 1 N–H and O–H groups in total. The molecule has 134 valence electrons. The van der Waals surface area contributed by atoms with E-state index in [1.807, 2.05) is 0 Å². The van der Waals surface area contributed by atoms with Crippen molar-refractivity contribution in [1.82, 2.24) is 9.80 Å². The van der Waals surface area contributed by atoms with Crippen molar-refractivity contribution in [3.05, 3.63) is 0 Å². The Hall–Kier alpha value is -0.260. The molecule has 1 heterocycles. The molecule has 0 aromatic heterocycles. The van der Waals surface area contributed by atoms with E-state index < -0.39 is 12.0 Å². The van der Waals surface area contributed by atoms with Crippen LogP contribution in [-0.2, 0) is 0 Å². The molecule has 5 heteroatoms. The number of nitrogens with zero attached hydrogens (tertiary/aromatic N) is 2. The molecule has 0 amide bonds. The summed E-state index contributed by atoms with van der Waals surface area (Å²) in [5, 5.41) is 10.2. The van der Waals surface area contributed by atoms with Crippen LogP contribution in [0.2, 0.25) is 0 Å². The Morgan fingerprint density at radius 2 is 1.70 bits per heavy atom. The molecule has 0 spiro atoms. The highest BCUT2D eigenvalue weighted by molar-refractivity contribution is 4.98. The number of aliphatic hydroxyl groups is 1. The maximum Gasteiger partial charge on any atom is 0.275 e. The molecule has 3 nitrogen and oxygen atoms in total. The summed E-state index contributed by atoms with van der Waals surface area (Å²) in [6.45, 7) is 7.07. The summed E-state index contributed by atoms with van der Waals surface area (Å²) >= 11 is 0. The lowest BCUT2D eigenvalue weighted by atomic mass is 9.86. The highest BCUT2D eigenvalue weighted by Gasteiger charge is 2.49. The van der Waals surface area contributed by atoms with E-state index in [9.17, 15) is 13.9 Å². The molecule has 0 aromatic carbocycles. The van der Waals surface area contributed by atoms with E-state index in [0.717, 1.165) is 19.6 Å². The van der Waals surface area contributed by atoms with E-state index >= 15 is 0 Å². The maximum absolute atomic E-state index is 13.9. The largest absolute Gasteiger partial charge is 0.385 e. The van der Waals surface area contributed by atoms with Crippen LogP contribution in [0.4, 0.5) is 8.78 Å². The molecular weight excluding hydrogens is 298 g/mol. The third-order valence-corrected chi connectivity index (χ3v) is 6.38. The van der Waals surface area contributed by atoms with Gasteiger partial charge in [-0.15, -0.1) is 0 Å². The van der Waals surface area contributed by atoms with E-state index in [1.54, 1.807) is 0 Å². The molecule has 1 unspecified atom stereocenters. The molecule has 1 saturated heterocycles. The summed E-state index contributed by atoms with van der Waals surface area (Å²) in [6.07, 6.45) is 4.71. The van der Waals surface area contributed by atoms with E-state index in [4.69, 9.17) is 0 Å². The van der Waals surface area contributed by atoms with Gasteiger partial charge in [0.05, 0.1) is 0 Å². The molecule has 3 aliphatic rings. The maximum atomic E-state index is 13.9. The number of rotatable bonds is 3. The lowest BCUT2D eigenvalue weighted by Gasteiger charge is -2.50. The van der Waals surface area contributed by atoms with Gasteiger partial charge in [-0.2, -0.15) is 0 Å². The molecule has 2 saturated carbocycles. The van der Waals surface area contributed by atoms with Crippen LogP contribution in [-0.4, -0.2) is 64.7 Å². The first-order chi connectivity index (χ1) is 10.9. The van der Waals surface area contributed by atoms with E-state index in [0.29, 0.717) is 30.8 Å². The lowest BCUT2D eigenvalue weighted by Crippen LogP contribution is -2.63. The zero-order chi connectivity index (χ0) is 16.6. The van der Waals surface area contributed by atoms with Crippen molar-refractivity contribution in [2.24, 2.45) is 5.92 Å². The minimum absolute atomic E-state index is 0.164. The number of aliphatic hydroxyl groups excluding tert-OH is 1. The number of halogens is 2. The second-order valence-electron chi connectivity index (χ2n) is 8.10. The van der Waals surface area contributed by atoms with E-state index in [1.165, 1.54) is 25.7 Å². The van der Waals surface area contributed by atoms with Crippen molar-refractivity contribution >= 4 is 0 Å². The van der Waals surface area contributed by atoms with Gasteiger partial charge >= 0.3 is 0 Å². The molecule has 1 aliphatic heterocycles. The predicted molar refractivity (Wildman–Crippen MR) is 87.8 cm³/mol. The van der Waals surface area contributed by atoms with Crippen molar-refractivity contribution in [2.45, 2.75) is 88.9 Å². The number of hydrogen-bond donors (Lipinski definition) is 1. The molecule has 0 radical (unpaired) electrons. The zero-order valence-electron chi connectivity index (χ0n) is 14.6. The van der Waals surface area contributed by atoms with Crippen LogP contribution < -0.4 is 0 Å². The first-order valence-corrected chi connectivity index (χ1v) is 9.46. The van der Waals surface area contributed by atoms with E-state index in [-0.39, 0.29) is 12.5 Å². The molecular formula is C18H32F2N2O. The number of alkyl halides is 2. The van der Waals surface area contributed by atoms with Crippen LogP contribution in [0.25, 0.3) is 0 Å². The quantitative estimate of drug-likeness (QED) is 0.861. The second kappa shape index (κ2) is 6.93. The van der Waals surface area contributed by atoms with Gasteiger partial charge in [-0.05, 0) is 45.4 Å². The monoisotopic (exact) mass is 330 g/mol. The fraction of sp³-hybridized carbons (Fsp3) is 1.00. The van der Waals surface area contributed by atoms with Crippen molar-refractivity contribution in [2.75, 3.05) is 19.6 Å². The van der Waals surface area contributed by atoms with Crippen LogP contribution in [0, 0.1) is 5.92 Å². The van der Waals surface area contributed by atoms with Gasteiger partial charge in [0.1, 0.15) is 6.10 Å². The average Bonchev–Trinajstić information content (AvgIpc) is 3.03. The standard InChI is InChI=1S/C18H32F2N2O/c1-13(2)22-11-10-21(12-16(22)14-6-3-4-7-14)15-8-5-9-18(19,20)17(15)23/h13-17,23H,3-12H2,1-2H3/t15-,16?,17+/m0/s1. The average molecular weight is 330 g/mol. The smallest absolute Gasteiger partial charge is 0.275 e. The topological polar surface area (TPSA) is 26.7 Å². The van der Waals surface area contributed by atoms with Gasteiger partial charge in [0, 0.05) is 44.2 Å². The third-order valence-electron chi connectivity index (χ3n) is 6.38. The molecule has 23 heavy (non-hydrogen) atoms. The Bertz CT molecular complexity index is 398. The minimum Gasteiger partial charge on any atom is -0.385 e. The Kier molecular flexibility index (Phi) is 5.29. The molecule has 0 bridgehead atoms. The van der Waals surface area contributed by atoms with Crippen molar-refractivity contribution in [1.29, 1.82) is 0 Å². The van der Waals surface area contributed by atoms with Crippen molar-refractivity contribution in [3.8, 4) is 0 Å². The van der Waals surface area contributed by atoms with Gasteiger partial charge in [0.2, 0.25) is 0 Å². The van der Waals surface area contributed by atoms with Crippen LogP contribution in [0.1, 0.15) is 58.8 Å². The number of hydrogen-bond acceptors (Lipinski definition) is 3. The summed E-state index contributed by atoms with van der Waals surface area (Å²) in [7, 11) is 0.